The summed E-state index contributed by atoms with van der Waals surface area (Å²) in [5, 5.41) is 8.78. The summed E-state index contributed by atoms with van der Waals surface area (Å²) >= 11 is 0. The fraction of sp³-hybridized carbons (Fsp3) is 0.500. The fourth-order valence-corrected chi connectivity index (χ4v) is 1.20. The minimum absolute atomic E-state index is 0.0770. The highest BCUT2D eigenvalue weighted by Crippen LogP contribution is 2.06. The summed E-state index contributed by atoms with van der Waals surface area (Å²) in [4.78, 5) is 18.8. The van der Waals surface area contributed by atoms with E-state index in [2.05, 4.69) is 9.97 Å². The van der Waals surface area contributed by atoms with Crippen LogP contribution < -0.4 is 0 Å². The van der Waals surface area contributed by atoms with E-state index in [9.17, 15) is 4.79 Å². The van der Waals surface area contributed by atoms with Crippen LogP contribution in [0.1, 0.15) is 35.9 Å². The molecule has 1 rings (SSSR count). The van der Waals surface area contributed by atoms with Gasteiger partial charge in [0.2, 0.25) is 0 Å². The third-order valence-electron chi connectivity index (χ3n) is 1.71. The van der Waals surface area contributed by atoms with Gasteiger partial charge in [0, 0.05) is 12.1 Å². The molecule has 0 radical (unpaired) electrons. The predicted molar refractivity (Wildman–Crippen MR) is 52.3 cm³/mol. The zero-order valence-corrected chi connectivity index (χ0v) is 8.61. The van der Waals surface area contributed by atoms with E-state index >= 15 is 0 Å². The van der Waals surface area contributed by atoms with Crippen molar-refractivity contribution in [1.29, 1.82) is 0 Å². The van der Waals surface area contributed by atoms with Crippen molar-refractivity contribution in [3.05, 3.63) is 23.3 Å². The summed E-state index contributed by atoms with van der Waals surface area (Å²) in [6, 6.07) is 1.48. The van der Waals surface area contributed by atoms with Crippen LogP contribution in [-0.4, -0.2) is 21.0 Å². The first kappa shape index (κ1) is 10.6. The number of rotatable bonds is 3. The van der Waals surface area contributed by atoms with Gasteiger partial charge >= 0.3 is 5.97 Å². The maximum Gasteiger partial charge on any atom is 0.354 e. The number of nitrogens with zero attached hydrogens (tertiary/aromatic N) is 2. The number of carbonyl (C=O) groups is 1. The molecule has 1 aromatic heterocycles. The number of carboxylic acid groups (broad SMARTS) is 1. The minimum atomic E-state index is -1.000. The molecular weight excluding hydrogens is 180 g/mol. The molecule has 0 aliphatic carbocycles. The van der Waals surface area contributed by atoms with E-state index in [0.717, 1.165) is 0 Å². The quantitative estimate of drug-likeness (QED) is 0.795. The van der Waals surface area contributed by atoms with Gasteiger partial charge in [-0.1, -0.05) is 13.8 Å². The molecule has 76 valence electrons. The van der Waals surface area contributed by atoms with Gasteiger partial charge < -0.3 is 5.11 Å². The Bertz CT molecular complexity index is 348. The molecule has 0 saturated heterocycles. The average Bonchev–Trinajstić information content (AvgIpc) is 2.01. The van der Waals surface area contributed by atoms with Crippen molar-refractivity contribution >= 4 is 5.97 Å². The van der Waals surface area contributed by atoms with Crippen molar-refractivity contribution in [2.45, 2.75) is 27.2 Å². The molecular formula is C10H14N2O2. The Balaban J connectivity index is 3.01. The summed E-state index contributed by atoms with van der Waals surface area (Å²) in [5.41, 5.74) is 0.779. The van der Waals surface area contributed by atoms with Crippen LogP contribution in [0.3, 0.4) is 0 Å². The van der Waals surface area contributed by atoms with E-state index in [4.69, 9.17) is 5.11 Å². The van der Waals surface area contributed by atoms with E-state index < -0.39 is 5.97 Å². The van der Waals surface area contributed by atoms with Gasteiger partial charge in [0.15, 0.2) is 5.69 Å². The molecule has 0 saturated carbocycles. The number of aromatic nitrogens is 2. The van der Waals surface area contributed by atoms with Crippen molar-refractivity contribution in [3.8, 4) is 0 Å². The van der Waals surface area contributed by atoms with Crippen molar-refractivity contribution in [3.63, 3.8) is 0 Å². The molecule has 14 heavy (non-hydrogen) atoms. The van der Waals surface area contributed by atoms with Gasteiger partial charge in [0.1, 0.15) is 5.82 Å². The maximum atomic E-state index is 10.7. The average molecular weight is 194 g/mol. The molecule has 0 aliphatic heterocycles. The number of carboxylic acids is 1. The van der Waals surface area contributed by atoms with Gasteiger partial charge in [-0.05, 0) is 18.9 Å². The molecule has 1 aromatic rings. The Morgan fingerprint density at radius 3 is 2.64 bits per heavy atom. The van der Waals surface area contributed by atoms with Crippen molar-refractivity contribution in [2.24, 2.45) is 5.92 Å². The molecule has 0 atom stereocenters. The third kappa shape index (κ3) is 2.80. The van der Waals surface area contributed by atoms with E-state index in [0.29, 0.717) is 23.9 Å². The van der Waals surface area contributed by atoms with Crippen LogP contribution in [0.2, 0.25) is 0 Å². The largest absolute Gasteiger partial charge is 0.477 e. The Morgan fingerprint density at radius 1 is 1.50 bits per heavy atom. The van der Waals surface area contributed by atoms with E-state index in [1.807, 2.05) is 13.8 Å². The second-order valence-corrected chi connectivity index (χ2v) is 3.71. The maximum absolute atomic E-state index is 10.7. The van der Waals surface area contributed by atoms with E-state index in [1.54, 1.807) is 6.92 Å². The molecule has 4 heteroatoms. The standard InChI is InChI=1S/C10H14N2O2/c1-6(2)4-9-11-7(3)5-8(12-9)10(13)14/h5-6H,4H2,1-3H3,(H,13,14). The Kier molecular flexibility index (Phi) is 3.17. The molecule has 0 aliphatic rings. The third-order valence-corrected chi connectivity index (χ3v) is 1.71. The zero-order valence-electron chi connectivity index (χ0n) is 8.61. The lowest BCUT2D eigenvalue weighted by atomic mass is 10.1. The van der Waals surface area contributed by atoms with E-state index in [1.165, 1.54) is 6.07 Å². The monoisotopic (exact) mass is 194 g/mol. The van der Waals surface area contributed by atoms with Gasteiger partial charge in [-0.25, -0.2) is 14.8 Å². The summed E-state index contributed by atoms with van der Waals surface area (Å²) in [5.74, 6) is 0.0383. The molecule has 0 aromatic carbocycles. The molecule has 0 amide bonds. The van der Waals surface area contributed by atoms with Gasteiger partial charge in [-0.15, -0.1) is 0 Å². The lowest BCUT2D eigenvalue weighted by Gasteiger charge is -2.05. The Hall–Kier alpha value is -1.45. The first-order chi connectivity index (χ1) is 6.49. The Morgan fingerprint density at radius 2 is 2.14 bits per heavy atom. The van der Waals surface area contributed by atoms with Crippen molar-refractivity contribution < 1.29 is 9.90 Å². The summed E-state index contributed by atoms with van der Waals surface area (Å²) in [6.45, 7) is 5.87. The molecule has 0 spiro atoms. The first-order valence-corrected chi connectivity index (χ1v) is 4.57. The van der Waals surface area contributed by atoms with Gasteiger partial charge in [0.25, 0.3) is 0 Å². The van der Waals surface area contributed by atoms with Gasteiger partial charge in [-0.2, -0.15) is 0 Å². The van der Waals surface area contributed by atoms with Crippen LogP contribution in [-0.2, 0) is 6.42 Å². The zero-order chi connectivity index (χ0) is 10.7. The van der Waals surface area contributed by atoms with Crippen molar-refractivity contribution in [2.75, 3.05) is 0 Å². The van der Waals surface area contributed by atoms with Gasteiger partial charge in [0.05, 0.1) is 0 Å². The topological polar surface area (TPSA) is 63.1 Å². The molecule has 0 unspecified atom stereocenters. The summed E-state index contributed by atoms with van der Waals surface area (Å²) < 4.78 is 0. The SMILES string of the molecule is Cc1cc(C(=O)O)nc(CC(C)C)n1. The van der Waals surface area contributed by atoms with Crippen LogP contribution in [0.15, 0.2) is 6.07 Å². The number of hydrogen-bond donors (Lipinski definition) is 1. The Labute approximate surface area is 83.0 Å². The lowest BCUT2D eigenvalue weighted by Crippen LogP contribution is -2.08. The molecule has 0 bridgehead atoms. The fourth-order valence-electron chi connectivity index (χ4n) is 1.20. The molecule has 1 heterocycles. The number of aromatic carboxylic acids is 1. The number of aryl methyl sites for hydroxylation is 1. The van der Waals surface area contributed by atoms with Crippen LogP contribution in [0.5, 0.6) is 0 Å². The highest BCUT2D eigenvalue weighted by Gasteiger charge is 2.09. The number of hydrogen-bond acceptors (Lipinski definition) is 3. The molecule has 0 fully saturated rings. The highest BCUT2D eigenvalue weighted by molar-refractivity contribution is 5.85. The summed E-state index contributed by atoms with van der Waals surface area (Å²) in [7, 11) is 0. The van der Waals surface area contributed by atoms with Crippen molar-refractivity contribution in [1.82, 2.24) is 9.97 Å². The van der Waals surface area contributed by atoms with Gasteiger partial charge in [-0.3, -0.25) is 0 Å². The summed E-state index contributed by atoms with van der Waals surface area (Å²) in [6.07, 6.45) is 0.710. The highest BCUT2D eigenvalue weighted by atomic mass is 16.4. The van der Waals surface area contributed by atoms with Crippen LogP contribution >= 0.6 is 0 Å². The van der Waals surface area contributed by atoms with Crippen LogP contribution in [0, 0.1) is 12.8 Å². The molecule has 4 nitrogen and oxygen atoms in total. The first-order valence-electron chi connectivity index (χ1n) is 4.57. The lowest BCUT2D eigenvalue weighted by molar-refractivity contribution is 0.0689. The van der Waals surface area contributed by atoms with Crippen LogP contribution in [0.4, 0.5) is 0 Å². The molecule has 1 N–H and O–H groups in total. The normalized spacial score (nSPS) is 10.6. The van der Waals surface area contributed by atoms with E-state index in [-0.39, 0.29) is 5.69 Å². The smallest absolute Gasteiger partial charge is 0.354 e. The second kappa shape index (κ2) is 4.17. The van der Waals surface area contributed by atoms with Crippen LogP contribution in [0.25, 0.3) is 0 Å². The second-order valence-electron chi connectivity index (χ2n) is 3.71. The minimum Gasteiger partial charge on any atom is -0.477 e. The predicted octanol–water partition coefficient (Wildman–Crippen LogP) is 1.68.